The highest BCUT2D eigenvalue weighted by Crippen LogP contribution is 2.28. The van der Waals surface area contributed by atoms with Gasteiger partial charge in [-0.25, -0.2) is 0 Å². The number of hydrogen-bond acceptors (Lipinski definition) is 4. The molecule has 0 radical (unpaired) electrons. The summed E-state index contributed by atoms with van der Waals surface area (Å²) in [6.45, 7) is 3.70. The first-order valence-electron chi connectivity index (χ1n) is 6.78. The number of aromatic nitrogens is 1. The fourth-order valence-corrected chi connectivity index (χ4v) is 2.22. The molecule has 0 N–H and O–H groups in total. The number of halogens is 1. The third-order valence-corrected chi connectivity index (χ3v) is 3.46. The van der Waals surface area contributed by atoms with E-state index in [1.807, 2.05) is 25.3 Å². The van der Waals surface area contributed by atoms with Gasteiger partial charge in [-0.3, -0.25) is 14.9 Å². The van der Waals surface area contributed by atoms with Crippen LogP contribution < -0.4 is 26.3 Å². The number of hydrogen-bond donors (Lipinski definition) is 0. The van der Waals surface area contributed by atoms with Gasteiger partial charge in [-0.15, -0.1) is 0 Å². The Kier molecular flexibility index (Phi) is 6.38. The second-order valence-corrected chi connectivity index (χ2v) is 5.01. The topological polar surface area (TPSA) is 73.3 Å². The molecule has 1 atom stereocenters. The van der Waals surface area contributed by atoms with Gasteiger partial charge in [0.1, 0.15) is 0 Å². The van der Waals surface area contributed by atoms with Crippen LogP contribution in [0.1, 0.15) is 28.9 Å². The summed E-state index contributed by atoms with van der Waals surface area (Å²) in [6.07, 6.45) is 3.66. The van der Waals surface area contributed by atoms with Gasteiger partial charge >= 0.3 is 5.69 Å². The molecule has 2 rings (SSSR count). The lowest BCUT2D eigenvalue weighted by atomic mass is 10.0. The molecule has 1 heterocycles. The van der Waals surface area contributed by atoms with E-state index in [1.165, 1.54) is 19.2 Å². The van der Waals surface area contributed by atoms with Crippen LogP contribution in [0.15, 0.2) is 42.7 Å². The maximum absolute atomic E-state index is 12.5. The highest BCUT2D eigenvalue weighted by Gasteiger charge is 2.26. The summed E-state index contributed by atoms with van der Waals surface area (Å²) < 4.78 is 6.73. The average Bonchev–Trinajstić information content (AvgIpc) is 2.52. The van der Waals surface area contributed by atoms with Crippen molar-refractivity contribution in [2.75, 3.05) is 7.11 Å². The smallest absolute Gasteiger partial charge is 0.311 e. The zero-order valence-electron chi connectivity index (χ0n) is 13.0. The lowest BCUT2D eigenvalue weighted by molar-refractivity contribution is -0.705. The molecular weight excluding hydrogens is 364 g/mol. The van der Waals surface area contributed by atoms with Gasteiger partial charge in [0.15, 0.2) is 18.1 Å². The van der Waals surface area contributed by atoms with Gasteiger partial charge in [-0.2, -0.15) is 4.57 Å². The predicted molar refractivity (Wildman–Crippen MR) is 80.1 cm³/mol. The summed E-state index contributed by atoms with van der Waals surface area (Å²) in [4.78, 5) is 23.0. The van der Waals surface area contributed by atoms with Crippen molar-refractivity contribution in [2.24, 2.45) is 0 Å². The zero-order chi connectivity index (χ0) is 16.3. The average molecular weight is 381 g/mol. The Hall–Kier alpha value is -2.28. The Balaban J connectivity index is 0.00000264. The maximum atomic E-state index is 12.5. The molecule has 0 amide bonds. The minimum atomic E-state index is -0.555. The molecule has 2 aromatic rings. The first-order chi connectivity index (χ1) is 10.4. The number of Topliss-reactive ketones (excluding diaryl/α,β-unsaturated/α-hetero) is 1. The molecule has 6 nitrogen and oxygen atoms in total. The van der Waals surface area contributed by atoms with Gasteiger partial charge in [0.05, 0.1) is 12.0 Å². The quantitative estimate of drug-likeness (QED) is 0.307. The molecule has 1 aromatic carbocycles. The fraction of sp³-hybridized carbons (Fsp3) is 0.250. The number of nitro benzene ring substituents is 1. The third kappa shape index (κ3) is 4.13. The van der Waals surface area contributed by atoms with Crippen LogP contribution in [0.3, 0.4) is 0 Å². The Morgan fingerprint density at radius 3 is 2.61 bits per heavy atom. The number of ketones is 1. The number of nitro groups is 1. The Morgan fingerprint density at radius 1 is 1.35 bits per heavy atom. The number of ether oxygens (including phenoxy) is 1. The van der Waals surface area contributed by atoms with E-state index in [-0.39, 0.29) is 39.8 Å². The van der Waals surface area contributed by atoms with E-state index in [4.69, 9.17) is 4.74 Å². The van der Waals surface area contributed by atoms with Crippen molar-refractivity contribution in [3.05, 3.63) is 64.0 Å². The van der Waals surface area contributed by atoms with E-state index < -0.39 is 11.0 Å². The number of methoxy groups -OCH3 is 1. The minimum absolute atomic E-state index is 0. The summed E-state index contributed by atoms with van der Waals surface area (Å²) in [7, 11) is 1.36. The number of nitrogens with zero attached hydrogens (tertiary/aromatic N) is 2. The molecule has 1 aromatic heterocycles. The molecule has 23 heavy (non-hydrogen) atoms. The van der Waals surface area contributed by atoms with E-state index in [1.54, 1.807) is 23.8 Å². The highest BCUT2D eigenvalue weighted by molar-refractivity contribution is 5.98. The zero-order valence-corrected chi connectivity index (χ0v) is 14.6. The van der Waals surface area contributed by atoms with Crippen LogP contribution in [0.25, 0.3) is 0 Å². The first-order valence-corrected chi connectivity index (χ1v) is 6.78. The molecule has 0 bridgehead atoms. The predicted octanol–water partition coefficient (Wildman–Crippen LogP) is -0.353. The largest absolute Gasteiger partial charge is 1.00 e. The van der Waals surface area contributed by atoms with Crippen LogP contribution in [0.5, 0.6) is 5.75 Å². The summed E-state index contributed by atoms with van der Waals surface area (Å²) in [5.74, 6) is -0.0567. The first kappa shape index (κ1) is 18.8. The van der Waals surface area contributed by atoms with Gasteiger partial charge in [0.25, 0.3) is 0 Å². The number of benzene rings is 1. The molecule has 0 fully saturated rings. The standard InChI is InChI=1S/C16H17N2O4.BrH/c1-11-5-4-8-17(10-11)12(2)16(19)13-6-7-15(22-3)14(9-13)18(20)21;/h4-10,12H,1-3H3;1H/q+1;/p-1. The molecule has 0 saturated carbocycles. The van der Waals surface area contributed by atoms with Crippen molar-refractivity contribution >= 4 is 11.5 Å². The molecule has 1 unspecified atom stereocenters. The van der Waals surface area contributed by atoms with Crippen molar-refractivity contribution in [2.45, 2.75) is 19.9 Å². The van der Waals surface area contributed by atoms with Crippen LogP contribution in [0, 0.1) is 17.0 Å². The number of rotatable bonds is 5. The van der Waals surface area contributed by atoms with Crippen molar-refractivity contribution in [1.82, 2.24) is 0 Å². The van der Waals surface area contributed by atoms with Gasteiger partial charge in [-0.05, 0) is 25.1 Å². The van der Waals surface area contributed by atoms with Crippen molar-refractivity contribution in [1.29, 1.82) is 0 Å². The van der Waals surface area contributed by atoms with E-state index in [0.29, 0.717) is 0 Å². The number of carbonyl (C=O) groups excluding carboxylic acids is 1. The summed E-state index contributed by atoms with van der Waals surface area (Å²) >= 11 is 0. The van der Waals surface area contributed by atoms with Crippen molar-refractivity contribution < 1.29 is 36.0 Å². The lowest BCUT2D eigenvalue weighted by Crippen LogP contribution is -3.00. The molecule has 0 spiro atoms. The molecule has 0 aliphatic carbocycles. The van der Waals surface area contributed by atoms with Crippen LogP contribution in [-0.2, 0) is 0 Å². The minimum Gasteiger partial charge on any atom is -1.00 e. The number of aryl methyl sites for hydroxylation is 1. The monoisotopic (exact) mass is 380 g/mol. The Morgan fingerprint density at radius 2 is 2.04 bits per heavy atom. The van der Waals surface area contributed by atoms with Crippen LogP contribution in [-0.4, -0.2) is 17.8 Å². The van der Waals surface area contributed by atoms with Crippen molar-refractivity contribution in [3.63, 3.8) is 0 Å². The Bertz CT molecular complexity index is 734. The van der Waals surface area contributed by atoms with Crippen LogP contribution in [0.2, 0.25) is 0 Å². The maximum Gasteiger partial charge on any atom is 0.311 e. The lowest BCUT2D eigenvalue weighted by Gasteiger charge is -2.08. The third-order valence-electron chi connectivity index (χ3n) is 3.46. The van der Waals surface area contributed by atoms with Gasteiger partial charge in [0, 0.05) is 30.2 Å². The second kappa shape index (κ2) is 7.82. The highest BCUT2D eigenvalue weighted by atomic mass is 79.9. The van der Waals surface area contributed by atoms with Gasteiger partial charge in [0.2, 0.25) is 11.8 Å². The van der Waals surface area contributed by atoms with E-state index >= 15 is 0 Å². The summed E-state index contributed by atoms with van der Waals surface area (Å²) in [5.41, 5.74) is 1.10. The molecule has 122 valence electrons. The van der Waals surface area contributed by atoms with E-state index in [0.717, 1.165) is 5.56 Å². The number of carbonyl (C=O) groups is 1. The molecule has 0 aliphatic rings. The van der Waals surface area contributed by atoms with Crippen LogP contribution >= 0.6 is 0 Å². The van der Waals surface area contributed by atoms with Gasteiger partial charge < -0.3 is 21.7 Å². The van der Waals surface area contributed by atoms with Crippen LogP contribution in [0.4, 0.5) is 5.69 Å². The molecule has 0 saturated heterocycles. The number of pyridine rings is 1. The normalized spacial score (nSPS) is 11.3. The Labute approximate surface area is 144 Å². The second-order valence-electron chi connectivity index (χ2n) is 5.01. The van der Waals surface area contributed by atoms with E-state index in [9.17, 15) is 14.9 Å². The fourth-order valence-electron chi connectivity index (χ4n) is 2.22. The summed E-state index contributed by atoms with van der Waals surface area (Å²) in [6, 6.07) is 7.59. The SMILES string of the molecule is COc1ccc(C(=O)C(C)[n+]2cccc(C)c2)cc1[N+](=O)[O-].[Br-]. The van der Waals surface area contributed by atoms with Gasteiger partial charge in [-0.1, -0.05) is 0 Å². The van der Waals surface area contributed by atoms with Crippen molar-refractivity contribution in [3.8, 4) is 5.75 Å². The van der Waals surface area contributed by atoms with E-state index in [2.05, 4.69) is 0 Å². The molecular formula is C16H17BrN2O4. The summed E-state index contributed by atoms with van der Waals surface area (Å²) in [5, 5.41) is 11.0. The molecule has 0 aliphatic heterocycles. The molecule has 7 heteroatoms.